The number of phenols is 1. The molecule has 3 aromatic rings. The molecular formula is C16H16N2O2. The van der Waals surface area contributed by atoms with Crippen molar-refractivity contribution in [2.45, 2.75) is 13.5 Å². The molecule has 1 heterocycles. The largest absolute Gasteiger partial charge is 0.508 e. The topological polar surface area (TPSA) is 47.3 Å². The minimum absolute atomic E-state index is 0.245. The van der Waals surface area contributed by atoms with Crippen LogP contribution in [0, 0.1) is 0 Å². The maximum Gasteiger partial charge on any atom is 0.141 e. The second kappa shape index (κ2) is 4.89. The molecule has 0 unspecified atom stereocenters. The van der Waals surface area contributed by atoms with E-state index in [4.69, 9.17) is 4.74 Å². The number of methoxy groups -OCH3 is 1. The number of hydrogen-bond donors (Lipinski definition) is 1. The van der Waals surface area contributed by atoms with Gasteiger partial charge in [-0.1, -0.05) is 12.1 Å². The molecule has 2 aromatic carbocycles. The lowest BCUT2D eigenvalue weighted by Gasteiger charge is -2.06. The van der Waals surface area contributed by atoms with E-state index in [0.717, 1.165) is 34.7 Å². The lowest BCUT2D eigenvalue weighted by atomic mass is 10.2. The molecular weight excluding hydrogens is 252 g/mol. The SMILES string of the molecule is CCn1c(-c2cccc(O)c2)nc2cc(OC)ccc21. The van der Waals surface area contributed by atoms with E-state index in [1.165, 1.54) is 0 Å². The van der Waals surface area contributed by atoms with Crippen molar-refractivity contribution in [1.82, 2.24) is 9.55 Å². The number of fused-ring (bicyclic) bond motifs is 1. The zero-order valence-corrected chi connectivity index (χ0v) is 11.5. The highest BCUT2D eigenvalue weighted by Crippen LogP contribution is 2.28. The molecule has 3 rings (SSSR count). The second-order valence-electron chi connectivity index (χ2n) is 4.58. The van der Waals surface area contributed by atoms with E-state index >= 15 is 0 Å². The van der Waals surface area contributed by atoms with Crippen LogP contribution in [-0.4, -0.2) is 21.8 Å². The first-order chi connectivity index (χ1) is 9.72. The fraction of sp³-hybridized carbons (Fsp3) is 0.188. The second-order valence-corrected chi connectivity index (χ2v) is 4.58. The van der Waals surface area contributed by atoms with Crippen LogP contribution in [0.25, 0.3) is 22.4 Å². The Morgan fingerprint density at radius 3 is 2.75 bits per heavy atom. The van der Waals surface area contributed by atoms with Crippen LogP contribution in [0.3, 0.4) is 0 Å². The maximum atomic E-state index is 9.64. The van der Waals surface area contributed by atoms with Gasteiger partial charge in [-0.25, -0.2) is 4.98 Å². The first-order valence-corrected chi connectivity index (χ1v) is 6.56. The summed E-state index contributed by atoms with van der Waals surface area (Å²) < 4.78 is 7.37. The fourth-order valence-corrected chi connectivity index (χ4v) is 2.42. The molecule has 0 bridgehead atoms. The van der Waals surface area contributed by atoms with Gasteiger partial charge in [-0.2, -0.15) is 0 Å². The minimum Gasteiger partial charge on any atom is -0.508 e. The molecule has 4 heteroatoms. The summed E-state index contributed by atoms with van der Waals surface area (Å²) >= 11 is 0. The number of benzene rings is 2. The number of aromatic nitrogens is 2. The normalized spacial score (nSPS) is 10.9. The summed E-state index contributed by atoms with van der Waals surface area (Å²) in [6, 6.07) is 13.0. The molecule has 0 atom stereocenters. The lowest BCUT2D eigenvalue weighted by molar-refractivity contribution is 0.415. The molecule has 1 aromatic heterocycles. The van der Waals surface area contributed by atoms with Gasteiger partial charge in [0.15, 0.2) is 0 Å². The molecule has 0 aliphatic rings. The van der Waals surface area contributed by atoms with Gasteiger partial charge in [0.2, 0.25) is 0 Å². The smallest absolute Gasteiger partial charge is 0.141 e. The quantitative estimate of drug-likeness (QED) is 0.791. The number of ether oxygens (including phenoxy) is 1. The van der Waals surface area contributed by atoms with E-state index in [1.54, 1.807) is 19.2 Å². The Hall–Kier alpha value is -2.49. The van der Waals surface area contributed by atoms with Gasteiger partial charge in [0.25, 0.3) is 0 Å². The van der Waals surface area contributed by atoms with Crippen molar-refractivity contribution in [2.75, 3.05) is 7.11 Å². The molecule has 0 fully saturated rings. The van der Waals surface area contributed by atoms with Crippen LogP contribution in [0.15, 0.2) is 42.5 Å². The molecule has 0 spiro atoms. The number of imidazole rings is 1. The van der Waals surface area contributed by atoms with Crippen molar-refractivity contribution in [3.8, 4) is 22.9 Å². The molecule has 0 radical (unpaired) electrons. The van der Waals surface area contributed by atoms with Crippen molar-refractivity contribution in [3.63, 3.8) is 0 Å². The lowest BCUT2D eigenvalue weighted by Crippen LogP contribution is -1.97. The van der Waals surface area contributed by atoms with Crippen LogP contribution < -0.4 is 4.74 Å². The van der Waals surface area contributed by atoms with Gasteiger partial charge >= 0.3 is 0 Å². The minimum atomic E-state index is 0.245. The van der Waals surface area contributed by atoms with Crippen LogP contribution in [-0.2, 0) is 6.54 Å². The number of phenolic OH excluding ortho intramolecular Hbond substituents is 1. The highest BCUT2D eigenvalue weighted by molar-refractivity contribution is 5.82. The number of nitrogens with zero attached hydrogens (tertiary/aromatic N) is 2. The average Bonchev–Trinajstić information content (AvgIpc) is 2.84. The Balaban J connectivity index is 2.24. The number of rotatable bonds is 3. The van der Waals surface area contributed by atoms with Gasteiger partial charge in [-0.15, -0.1) is 0 Å². The van der Waals surface area contributed by atoms with Crippen LogP contribution in [0.5, 0.6) is 11.5 Å². The number of aromatic hydroxyl groups is 1. The highest BCUT2D eigenvalue weighted by Gasteiger charge is 2.12. The molecule has 4 nitrogen and oxygen atoms in total. The molecule has 1 N–H and O–H groups in total. The van der Waals surface area contributed by atoms with Crippen LogP contribution in [0.2, 0.25) is 0 Å². The van der Waals surface area contributed by atoms with Gasteiger partial charge in [0, 0.05) is 18.2 Å². The van der Waals surface area contributed by atoms with Crippen molar-refractivity contribution in [1.29, 1.82) is 0 Å². The summed E-state index contributed by atoms with van der Waals surface area (Å²) in [6.07, 6.45) is 0. The fourth-order valence-electron chi connectivity index (χ4n) is 2.42. The molecule has 0 aliphatic heterocycles. The third kappa shape index (κ3) is 1.99. The van der Waals surface area contributed by atoms with Crippen molar-refractivity contribution < 1.29 is 9.84 Å². The third-order valence-electron chi connectivity index (χ3n) is 3.38. The van der Waals surface area contributed by atoms with E-state index in [0.29, 0.717) is 0 Å². The van der Waals surface area contributed by atoms with Crippen molar-refractivity contribution >= 4 is 11.0 Å². The Morgan fingerprint density at radius 2 is 2.05 bits per heavy atom. The summed E-state index contributed by atoms with van der Waals surface area (Å²) in [5, 5.41) is 9.64. The van der Waals surface area contributed by atoms with Crippen LogP contribution in [0.1, 0.15) is 6.92 Å². The number of aryl methyl sites for hydroxylation is 1. The third-order valence-corrected chi connectivity index (χ3v) is 3.38. The molecule has 102 valence electrons. The zero-order valence-electron chi connectivity index (χ0n) is 11.5. The Bertz CT molecular complexity index is 762. The van der Waals surface area contributed by atoms with Crippen molar-refractivity contribution in [2.24, 2.45) is 0 Å². The number of hydrogen-bond acceptors (Lipinski definition) is 3. The Labute approximate surface area is 117 Å². The first-order valence-electron chi connectivity index (χ1n) is 6.56. The van der Waals surface area contributed by atoms with Gasteiger partial charge in [0.05, 0.1) is 18.1 Å². The predicted molar refractivity (Wildman–Crippen MR) is 79.1 cm³/mol. The highest BCUT2D eigenvalue weighted by atomic mass is 16.5. The molecule has 0 saturated carbocycles. The molecule has 0 amide bonds. The Morgan fingerprint density at radius 1 is 1.20 bits per heavy atom. The zero-order chi connectivity index (χ0) is 14.1. The van der Waals surface area contributed by atoms with E-state index in [2.05, 4.69) is 16.5 Å². The van der Waals surface area contributed by atoms with Crippen LogP contribution >= 0.6 is 0 Å². The van der Waals surface area contributed by atoms with Gasteiger partial charge in [-0.3, -0.25) is 0 Å². The summed E-state index contributed by atoms with van der Waals surface area (Å²) in [4.78, 5) is 4.68. The standard InChI is InChI=1S/C16H16N2O2/c1-3-18-15-8-7-13(20-2)10-14(15)17-16(18)11-5-4-6-12(19)9-11/h4-10,19H,3H2,1-2H3. The molecule has 20 heavy (non-hydrogen) atoms. The van der Waals surface area contributed by atoms with E-state index in [-0.39, 0.29) is 5.75 Å². The average molecular weight is 268 g/mol. The molecule has 0 saturated heterocycles. The molecule has 0 aliphatic carbocycles. The van der Waals surface area contributed by atoms with Gasteiger partial charge in [-0.05, 0) is 31.2 Å². The van der Waals surface area contributed by atoms with Gasteiger partial charge < -0.3 is 14.4 Å². The first kappa shape index (κ1) is 12.5. The van der Waals surface area contributed by atoms with E-state index in [9.17, 15) is 5.11 Å². The summed E-state index contributed by atoms with van der Waals surface area (Å²) in [5.74, 6) is 1.89. The van der Waals surface area contributed by atoms with Crippen LogP contribution in [0.4, 0.5) is 0 Å². The van der Waals surface area contributed by atoms with E-state index in [1.807, 2.05) is 30.3 Å². The Kier molecular flexibility index (Phi) is 3.06. The summed E-state index contributed by atoms with van der Waals surface area (Å²) in [6.45, 7) is 2.89. The maximum absolute atomic E-state index is 9.64. The van der Waals surface area contributed by atoms with E-state index < -0.39 is 0 Å². The summed E-state index contributed by atoms with van der Waals surface area (Å²) in [7, 11) is 1.65. The summed E-state index contributed by atoms with van der Waals surface area (Å²) in [5.41, 5.74) is 2.86. The monoisotopic (exact) mass is 268 g/mol. The predicted octanol–water partition coefficient (Wildman–Crippen LogP) is 3.44. The van der Waals surface area contributed by atoms with Gasteiger partial charge in [0.1, 0.15) is 17.3 Å². The van der Waals surface area contributed by atoms with Crippen molar-refractivity contribution in [3.05, 3.63) is 42.5 Å².